The molecule has 3 nitrogen and oxygen atoms in total. The van der Waals surface area contributed by atoms with Gasteiger partial charge < -0.3 is 9.88 Å². The molecule has 0 radical (unpaired) electrons. The van der Waals surface area contributed by atoms with Crippen molar-refractivity contribution in [2.75, 3.05) is 6.54 Å². The van der Waals surface area contributed by atoms with Gasteiger partial charge in [0.15, 0.2) is 0 Å². The van der Waals surface area contributed by atoms with Crippen LogP contribution in [0.2, 0.25) is 0 Å². The molecule has 0 unspecified atom stereocenters. The minimum Gasteiger partial charge on any atom is -0.314 e. The van der Waals surface area contributed by atoms with E-state index in [1.165, 1.54) is 25.7 Å². The van der Waals surface area contributed by atoms with Crippen LogP contribution in [0.4, 0.5) is 0 Å². The predicted molar refractivity (Wildman–Crippen MR) is 83.3 cm³/mol. The highest BCUT2D eigenvalue weighted by Crippen LogP contribution is 2.44. The third kappa shape index (κ3) is 2.42. The van der Waals surface area contributed by atoms with Crippen molar-refractivity contribution < 1.29 is 0 Å². The minimum atomic E-state index is 0.153. The number of rotatable bonds is 6. The average Bonchev–Trinajstić information content (AvgIpc) is 3.37. The second-order valence-corrected chi connectivity index (χ2v) is 7.12. The van der Waals surface area contributed by atoms with Crippen molar-refractivity contribution in [2.24, 2.45) is 11.8 Å². The molecule has 2 aromatic heterocycles. The van der Waals surface area contributed by atoms with Crippen molar-refractivity contribution in [1.82, 2.24) is 9.88 Å². The Hall–Kier alpha value is -1.13. The first kappa shape index (κ1) is 12.6. The topological polar surface area (TPSA) is 34.0 Å². The van der Waals surface area contributed by atoms with Crippen LogP contribution in [0.1, 0.15) is 25.7 Å². The van der Waals surface area contributed by atoms with E-state index in [0.717, 1.165) is 41.1 Å². The number of hydrogen-bond acceptors (Lipinski definition) is 3. The molecule has 0 saturated heterocycles. The Labute approximate surface area is 122 Å². The molecule has 0 amide bonds. The number of fused-ring (bicyclic) bond motifs is 1. The van der Waals surface area contributed by atoms with Crippen molar-refractivity contribution in [1.29, 1.82) is 0 Å². The lowest BCUT2D eigenvalue weighted by molar-refractivity contribution is 0.405. The summed E-state index contributed by atoms with van der Waals surface area (Å²) in [5.74, 6) is 1.83. The summed E-state index contributed by atoms with van der Waals surface area (Å²) in [5, 5.41) is 6.55. The van der Waals surface area contributed by atoms with Gasteiger partial charge in [-0.25, -0.2) is 0 Å². The number of thiophene rings is 1. The maximum absolute atomic E-state index is 12.3. The molecular weight excluding hydrogens is 268 g/mol. The van der Waals surface area contributed by atoms with Gasteiger partial charge in [-0.1, -0.05) is 0 Å². The van der Waals surface area contributed by atoms with Crippen LogP contribution in [0.5, 0.6) is 0 Å². The molecule has 0 bridgehead atoms. The third-order valence-corrected chi connectivity index (χ3v) is 5.47. The summed E-state index contributed by atoms with van der Waals surface area (Å²) in [5.41, 5.74) is 0.153. The first-order chi connectivity index (χ1) is 9.83. The second-order valence-electron chi connectivity index (χ2n) is 6.17. The summed E-state index contributed by atoms with van der Waals surface area (Å²) in [6.07, 6.45) is 7.53. The van der Waals surface area contributed by atoms with Gasteiger partial charge in [0.1, 0.15) is 0 Å². The van der Waals surface area contributed by atoms with E-state index < -0.39 is 0 Å². The van der Waals surface area contributed by atoms with Gasteiger partial charge in [-0.05, 0) is 55.0 Å². The zero-order valence-corrected chi connectivity index (χ0v) is 12.4. The van der Waals surface area contributed by atoms with Gasteiger partial charge in [-0.2, -0.15) is 0 Å². The van der Waals surface area contributed by atoms with Crippen LogP contribution in [0.15, 0.2) is 28.5 Å². The van der Waals surface area contributed by atoms with E-state index in [1.54, 1.807) is 11.3 Å². The molecule has 2 aromatic rings. The predicted octanol–water partition coefficient (Wildman–Crippen LogP) is 2.84. The molecule has 0 aromatic carbocycles. The fourth-order valence-corrected chi connectivity index (χ4v) is 3.94. The van der Waals surface area contributed by atoms with Gasteiger partial charge in [-0.3, -0.25) is 4.79 Å². The monoisotopic (exact) mass is 288 g/mol. The Kier molecular flexibility index (Phi) is 3.15. The first-order valence-electron chi connectivity index (χ1n) is 7.63. The molecule has 2 aliphatic rings. The molecule has 0 aliphatic heterocycles. The Morgan fingerprint density at radius 2 is 2.00 bits per heavy atom. The van der Waals surface area contributed by atoms with Crippen molar-refractivity contribution in [3.05, 3.63) is 34.1 Å². The summed E-state index contributed by atoms with van der Waals surface area (Å²) >= 11 is 1.63. The molecular formula is C16H20N2OS. The number of hydrogen-bond donors (Lipinski definition) is 1. The maximum atomic E-state index is 12.3. The summed E-state index contributed by atoms with van der Waals surface area (Å²) < 4.78 is 2.94. The third-order valence-electron chi connectivity index (χ3n) is 4.58. The quantitative estimate of drug-likeness (QED) is 0.887. The number of pyridine rings is 1. The second kappa shape index (κ2) is 5.01. The van der Waals surface area contributed by atoms with Crippen LogP contribution in [0, 0.1) is 11.8 Å². The van der Waals surface area contributed by atoms with Gasteiger partial charge in [0.2, 0.25) is 0 Å². The lowest BCUT2D eigenvalue weighted by Gasteiger charge is -2.18. The van der Waals surface area contributed by atoms with Crippen molar-refractivity contribution in [2.45, 2.75) is 38.3 Å². The highest BCUT2D eigenvalue weighted by Gasteiger charge is 2.40. The molecule has 1 N–H and O–H groups in total. The molecule has 2 fully saturated rings. The van der Waals surface area contributed by atoms with E-state index in [4.69, 9.17) is 0 Å². The van der Waals surface area contributed by atoms with Gasteiger partial charge >= 0.3 is 0 Å². The summed E-state index contributed by atoms with van der Waals surface area (Å²) in [6.45, 7) is 1.69. The van der Waals surface area contributed by atoms with E-state index in [-0.39, 0.29) is 5.56 Å². The van der Waals surface area contributed by atoms with Crippen molar-refractivity contribution in [3.8, 4) is 0 Å². The molecule has 0 spiro atoms. The van der Waals surface area contributed by atoms with Crippen molar-refractivity contribution >= 4 is 21.4 Å². The Balaban J connectivity index is 1.42. The zero-order valence-electron chi connectivity index (χ0n) is 11.5. The van der Waals surface area contributed by atoms with E-state index in [2.05, 4.69) is 11.4 Å². The molecule has 4 heteroatoms. The molecule has 106 valence electrons. The van der Waals surface area contributed by atoms with Crippen LogP contribution in [0.3, 0.4) is 0 Å². The number of nitrogens with zero attached hydrogens (tertiary/aromatic N) is 1. The molecule has 2 heterocycles. The van der Waals surface area contributed by atoms with Gasteiger partial charge in [0.25, 0.3) is 5.56 Å². The fraction of sp³-hybridized carbons (Fsp3) is 0.562. The van der Waals surface area contributed by atoms with Gasteiger partial charge in [0, 0.05) is 30.0 Å². The van der Waals surface area contributed by atoms with Crippen LogP contribution in [0.25, 0.3) is 10.1 Å². The minimum absolute atomic E-state index is 0.153. The molecule has 20 heavy (non-hydrogen) atoms. The largest absolute Gasteiger partial charge is 0.314 e. The van der Waals surface area contributed by atoms with Crippen molar-refractivity contribution in [3.63, 3.8) is 0 Å². The Morgan fingerprint density at radius 1 is 1.25 bits per heavy atom. The van der Waals surface area contributed by atoms with E-state index in [9.17, 15) is 4.79 Å². The lowest BCUT2D eigenvalue weighted by atomic mass is 10.1. The highest BCUT2D eigenvalue weighted by molar-refractivity contribution is 7.17. The lowest BCUT2D eigenvalue weighted by Crippen LogP contribution is -2.36. The summed E-state index contributed by atoms with van der Waals surface area (Å²) in [4.78, 5) is 12.3. The van der Waals surface area contributed by atoms with Crippen LogP contribution >= 0.6 is 11.3 Å². The normalized spacial score (nSPS) is 19.1. The zero-order chi connectivity index (χ0) is 13.5. The van der Waals surface area contributed by atoms with E-state index >= 15 is 0 Å². The highest BCUT2D eigenvalue weighted by atomic mass is 32.1. The Morgan fingerprint density at radius 3 is 2.70 bits per heavy atom. The molecule has 4 rings (SSSR count). The van der Waals surface area contributed by atoms with Gasteiger partial charge in [-0.15, -0.1) is 11.3 Å². The number of aromatic nitrogens is 1. The maximum Gasteiger partial charge on any atom is 0.259 e. The molecule has 2 saturated carbocycles. The fourth-order valence-electron chi connectivity index (χ4n) is 3.16. The Bertz CT molecular complexity index is 654. The molecule has 2 aliphatic carbocycles. The van der Waals surface area contributed by atoms with Crippen LogP contribution in [-0.2, 0) is 6.54 Å². The smallest absolute Gasteiger partial charge is 0.259 e. The van der Waals surface area contributed by atoms with Crippen LogP contribution < -0.4 is 10.9 Å². The summed E-state index contributed by atoms with van der Waals surface area (Å²) in [6, 6.07) is 4.71. The van der Waals surface area contributed by atoms with E-state index in [0.29, 0.717) is 0 Å². The standard InChI is InChI=1S/C16H20N2OS/c19-16-13-6-10-20-14(13)5-8-18(16)9-7-17-15(11-1-2-11)12-3-4-12/h5-6,8,10-12,15,17H,1-4,7,9H2. The molecule has 0 atom stereocenters. The first-order valence-corrected chi connectivity index (χ1v) is 8.51. The van der Waals surface area contributed by atoms with Gasteiger partial charge in [0.05, 0.1) is 5.39 Å². The SMILES string of the molecule is O=c1c2ccsc2ccn1CCNC(C1CC1)C1CC1. The average molecular weight is 288 g/mol. The summed E-state index contributed by atoms with van der Waals surface area (Å²) in [7, 11) is 0. The number of nitrogens with one attached hydrogen (secondary N) is 1. The van der Waals surface area contributed by atoms with E-state index in [1.807, 2.05) is 22.2 Å². The van der Waals surface area contributed by atoms with Crippen LogP contribution in [-0.4, -0.2) is 17.2 Å².